The summed E-state index contributed by atoms with van der Waals surface area (Å²) in [4.78, 5) is 27.2. The summed E-state index contributed by atoms with van der Waals surface area (Å²) in [6.07, 6.45) is 4.04. The Morgan fingerprint density at radius 2 is 2.05 bits per heavy atom. The van der Waals surface area contributed by atoms with Crippen LogP contribution in [0, 0.1) is 17.1 Å². The molecule has 0 spiro atoms. The van der Waals surface area contributed by atoms with Gasteiger partial charge in [0.15, 0.2) is 11.5 Å². The Morgan fingerprint density at radius 3 is 2.76 bits per heavy atom. The van der Waals surface area contributed by atoms with Gasteiger partial charge in [0.2, 0.25) is 5.95 Å². The van der Waals surface area contributed by atoms with Crippen LogP contribution in [0.25, 0.3) is 27.6 Å². The van der Waals surface area contributed by atoms with Crippen LogP contribution in [0.3, 0.4) is 0 Å². The number of ether oxygens (including phenoxy) is 1. The van der Waals surface area contributed by atoms with Crippen LogP contribution in [0.4, 0.5) is 21.8 Å². The van der Waals surface area contributed by atoms with Crippen molar-refractivity contribution in [3.8, 4) is 17.5 Å². The molecule has 2 aromatic carbocycles. The van der Waals surface area contributed by atoms with Crippen LogP contribution in [-0.2, 0) is 5.41 Å². The Bertz CT molecular complexity index is 1960. The lowest BCUT2D eigenvalue weighted by molar-refractivity contribution is 0.201. The molecule has 1 aliphatic heterocycles. The van der Waals surface area contributed by atoms with Crippen molar-refractivity contribution >= 4 is 39.4 Å². The van der Waals surface area contributed by atoms with Crippen LogP contribution < -0.4 is 25.8 Å². The number of hydrogen-bond donors (Lipinski definition) is 2. The topological polar surface area (TPSA) is 142 Å². The monoisotopic (exact) mass is 565 g/mol. The molecule has 4 heterocycles. The molecule has 1 atom stereocenters. The quantitative estimate of drug-likeness (QED) is 0.326. The van der Waals surface area contributed by atoms with Gasteiger partial charge in [-0.3, -0.25) is 14.5 Å². The van der Waals surface area contributed by atoms with E-state index in [9.17, 15) is 14.4 Å². The Balaban J connectivity index is 1.28. The zero-order valence-electron chi connectivity index (χ0n) is 23.1. The summed E-state index contributed by atoms with van der Waals surface area (Å²) in [5, 5.41) is 17.6. The first kappa shape index (κ1) is 25.8. The highest BCUT2D eigenvalue weighted by Gasteiger charge is 2.39. The summed E-state index contributed by atoms with van der Waals surface area (Å²) in [5.41, 5.74) is 8.46. The molecule has 11 nitrogen and oxygen atoms in total. The predicted molar refractivity (Wildman–Crippen MR) is 158 cm³/mol. The molecule has 1 fully saturated rings. The van der Waals surface area contributed by atoms with E-state index in [0.717, 1.165) is 30.5 Å². The molecule has 1 aliphatic carbocycles. The summed E-state index contributed by atoms with van der Waals surface area (Å²) in [5.74, 6) is 0.601. The highest BCUT2D eigenvalue weighted by molar-refractivity contribution is 6.05. The highest BCUT2D eigenvalue weighted by atomic mass is 19.1. The molecule has 3 aromatic heterocycles. The Labute approximate surface area is 240 Å². The van der Waals surface area contributed by atoms with Crippen LogP contribution in [0.2, 0.25) is 0 Å². The maximum atomic E-state index is 13.9. The minimum atomic E-state index is -0.468. The Kier molecular flexibility index (Phi) is 5.79. The Hall–Kier alpha value is -5.18. The van der Waals surface area contributed by atoms with Crippen molar-refractivity contribution in [2.75, 3.05) is 42.7 Å². The summed E-state index contributed by atoms with van der Waals surface area (Å²) in [7, 11) is 3.78. The molecule has 0 bridgehead atoms. The van der Waals surface area contributed by atoms with Crippen molar-refractivity contribution < 1.29 is 9.13 Å². The molecule has 0 radical (unpaired) electrons. The fraction of sp³-hybridized carbons (Fsp3) is 0.300. The first-order valence-corrected chi connectivity index (χ1v) is 13.7. The van der Waals surface area contributed by atoms with Crippen LogP contribution in [0.15, 0.2) is 53.5 Å². The average Bonchev–Trinajstić information content (AvgIpc) is 3.35. The van der Waals surface area contributed by atoms with Gasteiger partial charge in [-0.2, -0.15) is 15.3 Å². The first-order chi connectivity index (χ1) is 20.3. The number of aromatic nitrogens is 5. The number of pyridine rings is 1. The minimum absolute atomic E-state index is 0.0941. The summed E-state index contributed by atoms with van der Waals surface area (Å²) in [6, 6.07) is 14.5. The van der Waals surface area contributed by atoms with Crippen molar-refractivity contribution in [1.82, 2.24) is 24.7 Å². The van der Waals surface area contributed by atoms with E-state index in [4.69, 9.17) is 15.5 Å². The summed E-state index contributed by atoms with van der Waals surface area (Å²) in [6.45, 7) is 1.01. The fourth-order valence-corrected chi connectivity index (χ4v) is 6.03. The lowest BCUT2D eigenvalue weighted by atomic mass is 9.65. The van der Waals surface area contributed by atoms with E-state index in [2.05, 4.69) is 21.3 Å². The lowest BCUT2D eigenvalue weighted by Crippen LogP contribution is -2.44. The normalized spacial score (nSPS) is 17.4. The fourth-order valence-electron chi connectivity index (χ4n) is 6.03. The van der Waals surface area contributed by atoms with Gasteiger partial charge in [0.25, 0.3) is 5.56 Å². The highest BCUT2D eigenvalue weighted by Crippen LogP contribution is 2.43. The number of rotatable bonds is 5. The molecule has 1 saturated carbocycles. The van der Waals surface area contributed by atoms with E-state index in [-0.39, 0.29) is 28.7 Å². The van der Waals surface area contributed by atoms with E-state index in [1.54, 1.807) is 12.3 Å². The number of nitrogens with one attached hydrogen (secondary N) is 1. The number of fused-ring (bicyclic) bond motifs is 4. The molecule has 5 aromatic rings. The third-order valence-electron chi connectivity index (χ3n) is 8.47. The zero-order valence-corrected chi connectivity index (χ0v) is 23.1. The third-order valence-corrected chi connectivity index (χ3v) is 8.47. The molecule has 212 valence electrons. The lowest BCUT2D eigenvalue weighted by Gasteiger charge is -2.35. The van der Waals surface area contributed by atoms with Gasteiger partial charge in [-0.1, -0.05) is 12.1 Å². The molecule has 2 aliphatic rings. The molecular formula is C30H28FN9O2. The molecule has 0 saturated heterocycles. The van der Waals surface area contributed by atoms with Gasteiger partial charge in [-0.15, -0.1) is 0 Å². The van der Waals surface area contributed by atoms with Crippen molar-refractivity contribution in [1.29, 1.82) is 5.26 Å². The van der Waals surface area contributed by atoms with Gasteiger partial charge in [-0.25, -0.2) is 9.37 Å². The second-order valence-corrected chi connectivity index (χ2v) is 11.1. The van der Waals surface area contributed by atoms with Crippen LogP contribution in [0.1, 0.15) is 24.8 Å². The van der Waals surface area contributed by atoms with Gasteiger partial charge >= 0.3 is 0 Å². The number of likely N-dealkylation sites (N-methyl/N-ethyl adjacent to an activating group) is 2. The maximum Gasteiger partial charge on any atom is 0.270 e. The predicted octanol–water partition coefficient (Wildman–Crippen LogP) is 3.66. The van der Waals surface area contributed by atoms with Crippen LogP contribution >= 0.6 is 0 Å². The number of nitriles is 1. The van der Waals surface area contributed by atoms with Crippen molar-refractivity contribution in [3.05, 3.63) is 70.4 Å². The number of anilines is 3. The number of halogens is 1. The zero-order chi connectivity index (χ0) is 29.2. The summed E-state index contributed by atoms with van der Waals surface area (Å²) >= 11 is 0. The number of nitrogen functional groups attached to an aromatic ring is 1. The summed E-state index contributed by atoms with van der Waals surface area (Å²) < 4.78 is 21.5. The number of aromatic amines is 1. The van der Waals surface area contributed by atoms with Gasteiger partial charge in [-0.05, 0) is 49.1 Å². The Morgan fingerprint density at radius 1 is 1.26 bits per heavy atom. The van der Waals surface area contributed by atoms with E-state index in [0.29, 0.717) is 47.0 Å². The van der Waals surface area contributed by atoms with Gasteiger partial charge < -0.3 is 20.3 Å². The van der Waals surface area contributed by atoms with Crippen LogP contribution in [0.5, 0.6) is 5.75 Å². The second kappa shape index (κ2) is 9.44. The SMILES string of the molecule is CN(CC1CN(C)c2ccc(F)cc2O1)c1ncc2c3[nH]nc(N)c3c(=O)n(-c3ccc(C4(C#N)CCC4)cc3)c2n1. The molecule has 7 rings (SSSR count). The minimum Gasteiger partial charge on any atom is -0.484 e. The standard InChI is InChI=1S/C30H28FN9O2/c1-38-14-20(42-23-12-18(31)6-9-22(23)38)15-39(2)29-34-13-21-25-24(26(33)37-36-25)28(41)40(27(21)35-29)19-7-4-17(5-8-19)30(16-32)10-3-11-30/h4-9,12-13,20H,3,10-11,14-15H2,1-2H3,(H3,33,36,37). The van der Waals surface area contributed by atoms with Crippen molar-refractivity contribution in [3.63, 3.8) is 0 Å². The van der Waals surface area contributed by atoms with E-state index >= 15 is 0 Å². The van der Waals surface area contributed by atoms with Gasteiger partial charge in [0.05, 0.1) is 46.9 Å². The van der Waals surface area contributed by atoms with Crippen LogP contribution in [-0.4, -0.2) is 58.0 Å². The van der Waals surface area contributed by atoms with Gasteiger partial charge in [0.1, 0.15) is 23.1 Å². The number of nitrogens with zero attached hydrogens (tertiary/aromatic N) is 7. The van der Waals surface area contributed by atoms with E-state index in [1.807, 2.05) is 48.2 Å². The largest absolute Gasteiger partial charge is 0.484 e. The smallest absolute Gasteiger partial charge is 0.270 e. The van der Waals surface area contributed by atoms with Gasteiger partial charge in [0, 0.05) is 26.4 Å². The molecule has 1 unspecified atom stereocenters. The average molecular weight is 566 g/mol. The number of benzene rings is 2. The van der Waals surface area contributed by atoms with Crippen molar-refractivity contribution in [2.45, 2.75) is 30.8 Å². The number of nitrogens with two attached hydrogens (primary N) is 1. The molecular weight excluding hydrogens is 537 g/mol. The second-order valence-electron chi connectivity index (χ2n) is 11.1. The van der Waals surface area contributed by atoms with Crippen molar-refractivity contribution in [2.24, 2.45) is 0 Å². The van der Waals surface area contributed by atoms with E-state index < -0.39 is 5.41 Å². The third kappa shape index (κ3) is 3.92. The molecule has 3 N–H and O–H groups in total. The molecule has 0 amide bonds. The number of hydrogen-bond acceptors (Lipinski definition) is 9. The molecule has 42 heavy (non-hydrogen) atoms. The first-order valence-electron chi connectivity index (χ1n) is 13.7. The maximum absolute atomic E-state index is 13.9. The number of H-pyrrole nitrogens is 1. The molecule has 12 heteroatoms. The van der Waals surface area contributed by atoms with E-state index in [1.165, 1.54) is 16.7 Å².